The summed E-state index contributed by atoms with van der Waals surface area (Å²) in [5.41, 5.74) is 0.707. The average molecular weight is 246 g/mol. The summed E-state index contributed by atoms with van der Waals surface area (Å²) in [7, 11) is 0. The van der Waals surface area contributed by atoms with Crippen molar-refractivity contribution in [3.05, 3.63) is 52.4 Å². The first-order chi connectivity index (χ1) is 8.49. The number of aliphatic hydroxyl groups excluding tert-OH is 1. The summed E-state index contributed by atoms with van der Waals surface area (Å²) in [5.74, 6) is -0.0920. The van der Waals surface area contributed by atoms with Crippen LogP contribution in [0.4, 0.5) is 0 Å². The molecule has 2 rings (SSSR count). The van der Waals surface area contributed by atoms with Crippen LogP contribution in [0.1, 0.15) is 25.0 Å². The van der Waals surface area contributed by atoms with Gasteiger partial charge in [0, 0.05) is 11.5 Å². The van der Waals surface area contributed by atoms with Gasteiger partial charge in [0.1, 0.15) is 11.3 Å². The van der Waals surface area contributed by atoms with Crippen LogP contribution in [0.3, 0.4) is 0 Å². The van der Waals surface area contributed by atoms with Crippen molar-refractivity contribution in [3.8, 4) is 5.75 Å². The Kier molecular flexibility index (Phi) is 3.21. The standard InChI is InChI=1S/C14H14O4/c1-8(2)7-11(16)13-10(15)5-3-9-4-6-12(17)18-14(9)13/h3-6,11,15-16H,1,7H2,2H3. The molecule has 2 N–H and O–H groups in total. The third-order valence-electron chi connectivity index (χ3n) is 2.68. The Hall–Kier alpha value is -2.07. The first-order valence-corrected chi connectivity index (χ1v) is 5.57. The summed E-state index contributed by atoms with van der Waals surface area (Å²) in [6.45, 7) is 5.49. The van der Waals surface area contributed by atoms with E-state index in [4.69, 9.17) is 4.42 Å². The summed E-state index contributed by atoms with van der Waals surface area (Å²) in [6.07, 6.45) is -0.651. The SMILES string of the molecule is C=C(C)CC(O)c1c(O)ccc2ccc(=O)oc12. The number of phenolic OH excluding ortho intramolecular Hbond substituents is 1. The zero-order valence-electron chi connectivity index (χ0n) is 10.0. The fraction of sp³-hybridized carbons (Fsp3) is 0.214. The first-order valence-electron chi connectivity index (χ1n) is 5.57. The van der Waals surface area contributed by atoms with E-state index in [9.17, 15) is 15.0 Å². The smallest absolute Gasteiger partial charge is 0.336 e. The molecule has 0 amide bonds. The van der Waals surface area contributed by atoms with Crippen molar-refractivity contribution in [1.82, 2.24) is 0 Å². The third kappa shape index (κ3) is 2.28. The van der Waals surface area contributed by atoms with Crippen LogP contribution in [0.15, 0.2) is 45.6 Å². The Morgan fingerprint density at radius 2 is 2.06 bits per heavy atom. The van der Waals surface area contributed by atoms with Crippen molar-refractivity contribution in [2.45, 2.75) is 19.4 Å². The van der Waals surface area contributed by atoms with Gasteiger partial charge >= 0.3 is 5.63 Å². The summed E-state index contributed by atoms with van der Waals surface area (Å²) in [5, 5.41) is 20.6. The molecule has 0 spiro atoms. The molecule has 0 aliphatic rings. The summed E-state index contributed by atoms with van der Waals surface area (Å²) in [4.78, 5) is 11.2. The largest absolute Gasteiger partial charge is 0.507 e. The second-order valence-corrected chi connectivity index (χ2v) is 4.35. The minimum absolute atomic E-state index is 0.0920. The Morgan fingerprint density at radius 1 is 1.39 bits per heavy atom. The highest BCUT2D eigenvalue weighted by atomic mass is 16.4. The van der Waals surface area contributed by atoms with E-state index in [1.165, 1.54) is 12.1 Å². The molecular formula is C14H14O4. The molecule has 0 radical (unpaired) electrons. The highest BCUT2D eigenvalue weighted by Crippen LogP contribution is 2.34. The summed E-state index contributed by atoms with van der Waals surface area (Å²) < 4.78 is 5.07. The number of rotatable bonds is 3. The molecule has 4 nitrogen and oxygen atoms in total. The highest BCUT2D eigenvalue weighted by Gasteiger charge is 2.18. The van der Waals surface area contributed by atoms with Gasteiger partial charge in [-0.15, -0.1) is 6.58 Å². The van der Waals surface area contributed by atoms with Crippen molar-refractivity contribution in [2.75, 3.05) is 0 Å². The second-order valence-electron chi connectivity index (χ2n) is 4.35. The van der Waals surface area contributed by atoms with Gasteiger partial charge in [-0.25, -0.2) is 4.79 Å². The van der Waals surface area contributed by atoms with Crippen molar-refractivity contribution in [1.29, 1.82) is 0 Å². The van der Waals surface area contributed by atoms with Gasteiger partial charge in [0.25, 0.3) is 0 Å². The van der Waals surface area contributed by atoms with E-state index in [1.807, 2.05) is 0 Å². The van der Waals surface area contributed by atoms with E-state index in [1.54, 1.807) is 19.1 Å². The number of aliphatic hydroxyl groups is 1. The molecular weight excluding hydrogens is 232 g/mol. The van der Waals surface area contributed by atoms with E-state index < -0.39 is 11.7 Å². The number of aromatic hydroxyl groups is 1. The van der Waals surface area contributed by atoms with E-state index in [0.29, 0.717) is 11.8 Å². The molecule has 1 unspecified atom stereocenters. The average Bonchev–Trinajstić information content (AvgIpc) is 2.27. The Balaban J connectivity index is 2.67. The van der Waals surface area contributed by atoms with Crippen LogP contribution in [-0.2, 0) is 0 Å². The van der Waals surface area contributed by atoms with E-state index in [0.717, 1.165) is 5.57 Å². The molecule has 0 fully saturated rings. The third-order valence-corrected chi connectivity index (χ3v) is 2.68. The molecule has 1 heterocycles. The normalized spacial score (nSPS) is 12.6. The Labute approximate surface area is 104 Å². The second kappa shape index (κ2) is 4.66. The molecule has 0 bridgehead atoms. The van der Waals surface area contributed by atoms with Crippen LogP contribution < -0.4 is 5.63 Å². The molecule has 2 aromatic rings. The van der Waals surface area contributed by atoms with E-state index in [2.05, 4.69) is 6.58 Å². The summed E-state index contributed by atoms with van der Waals surface area (Å²) >= 11 is 0. The van der Waals surface area contributed by atoms with E-state index >= 15 is 0 Å². The predicted molar refractivity (Wildman–Crippen MR) is 68.5 cm³/mol. The number of hydrogen-bond acceptors (Lipinski definition) is 4. The van der Waals surface area contributed by atoms with Gasteiger partial charge in [-0.05, 0) is 31.5 Å². The fourth-order valence-corrected chi connectivity index (χ4v) is 1.90. The summed E-state index contributed by atoms with van der Waals surface area (Å²) in [6, 6.07) is 6.00. The molecule has 4 heteroatoms. The van der Waals surface area contributed by atoms with Gasteiger partial charge in [-0.2, -0.15) is 0 Å². The van der Waals surface area contributed by atoms with Crippen molar-refractivity contribution in [3.63, 3.8) is 0 Å². The van der Waals surface area contributed by atoms with Crippen molar-refractivity contribution in [2.24, 2.45) is 0 Å². The molecule has 0 aliphatic heterocycles. The molecule has 1 aromatic heterocycles. The molecule has 94 valence electrons. The topological polar surface area (TPSA) is 70.7 Å². The Bertz CT molecular complexity index is 654. The number of phenols is 1. The van der Waals surface area contributed by atoms with Crippen LogP contribution in [-0.4, -0.2) is 10.2 Å². The number of fused-ring (bicyclic) bond motifs is 1. The Morgan fingerprint density at radius 3 is 2.72 bits per heavy atom. The maximum absolute atomic E-state index is 11.2. The molecule has 1 aromatic carbocycles. The lowest BCUT2D eigenvalue weighted by atomic mass is 10.00. The lowest BCUT2D eigenvalue weighted by Crippen LogP contribution is -2.02. The van der Waals surface area contributed by atoms with Crippen LogP contribution in [0.5, 0.6) is 5.75 Å². The molecule has 18 heavy (non-hydrogen) atoms. The van der Waals surface area contributed by atoms with Gasteiger partial charge in [-0.3, -0.25) is 0 Å². The van der Waals surface area contributed by atoms with Gasteiger partial charge in [-0.1, -0.05) is 5.57 Å². The van der Waals surface area contributed by atoms with Crippen LogP contribution >= 0.6 is 0 Å². The quantitative estimate of drug-likeness (QED) is 0.644. The van der Waals surface area contributed by atoms with Crippen molar-refractivity contribution < 1.29 is 14.6 Å². The molecule has 0 saturated carbocycles. The predicted octanol–water partition coefficient (Wildman–Crippen LogP) is 2.50. The lowest BCUT2D eigenvalue weighted by molar-refractivity contribution is 0.174. The first kappa shape index (κ1) is 12.4. The van der Waals surface area contributed by atoms with Crippen LogP contribution in [0.25, 0.3) is 11.0 Å². The molecule has 0 saturated heterocycles. The van der Waals surface area contributed by atoms with Gasteiger partial charge in [0.15, 0.2) is 0 Å². The number of benzene rings is 1. The van der Waals surface area contributed by atoms with Gasteiger partial charge < -0.3 is 14.6 Å². The monoisotopic (exact) mass is 246 g/mol. The zero-order chi connectivity index (χ0) is 13.3. The van der Waals surface area contributed by atoms with Crippen LogP contribution in [0, 0.1) is 0 Å². The maximum Gasteiger partial charge on any atom is 0.336 e. The lowest BCUT2D eigenvalue weighted by Gasteiger charge is -2.14. The van der Waals surface area contributed by atoms with Gasteiger partial charge in [0.2, 0.25) is 0 Å². The molecule has 1 atom stereocenters. The molecule has 0 aliphatic carbocycles. The minimum atomic E-state index is -0.947. The van der Waals surface area contributed by atoms with Gasteiger partial charge in [0.05, 0.1) is 11.7 Å². The highest BCUT2D eigenvalue weighted by molar-refractivity contribution is 5.82. The van der Waals surface area contributed by atoms with Crippen molar-refractivity contribution >= 4 is 11.0 Å². The maximum atomic E-state index is 11.2. The van der Waals surface area contributed by atoms with Crippen LogP contribution in [0.2, 0.25) is 0 Å². The number of hydrogen-bond donors (Lipinski definition) is 2. The minimum Gasteiger partial charge on any atom is -0.507 e. The fourth-order valence-electron chi connectivity index (χ4n) is 1.90. The van der Waals surface area contributed by atoms with E-state index in [-0.39, 0.29) is 16.9 Å². The zero-order valence-corrected chi connectivity index (χ0v) is 10.0.